The van der Waals surface area contributed by atoms with Crippen LogP contribution in [0.15, 0.2) is 18.2 Å². The number of hydrazine groups is 1. The van der Waals surface area contributed by atoms with Crippen molar-refractivity contribution in [2.24, 2.45) is 11.8 Å². The molecule has 1 fully saturated rings. The van der Waals surface area contributed by atoms with Crippen molar-refractivity contribution in [3.63, 3.8) is 0 Å². The molecule has 2 nitrogen and oxygen atoms in total. The van der Waals surface area contributed by atoms with Crippen LogP contribution < -0.4 is 11.3 Å². The van der Waals surface area contributed by atoms with Gasteiger partial charge in [0.15, 0.2) is 0 Å². The number of alkyl halides is 2. The van der Waals surface area contributed by atoms with Gasteiger partial charge in [-0.1, -0.05) is 17.7 Å². The molecule has 1 saturated carbocycles. The standard InChI is InChI=1S/C14H18ClF3N2/c15-11-2-1-9(7-12(11)16)8-13(20-19)10-3-5-14(17,18)6-4-10/h1-2,7,10,13,20H,3-6,8,19H2. The van der Waals surface area contributed by atoms with E-state index < -0.39 is 11.7 Å². The molecule has 1 aromatic rings. The molecule has 2 rings (SSSR count). The van der Waals surface area contributed by atoms with Crippen molar-refractivity contribution in [3.8, 4) is 0 Å². The van der Waals surface area contributed by atoms with Gasteiger partial charge in [0, 0.05) is 18.9 Å². The molecular formula is C14H18ClF3N2. The van der Waals surface area contributed by atoms with E-state index in [0.717, 1.165) is 5.56 Å². The number of nitrogens with one attached hydrogen (secondary N) is 1. The summed E-state index contributed by atoms with van der Waals surface area (Å²) in [5, 5.41) is 0.0725. The highest BCUT2D eigenvalue weighted by Crippen LogP contribution is 2.37. The third-order valence-corrected chi connectivity index (χ3v) is 4.29. The van der Waals surface area contributed by atoms with Crippen LogP contribution in [0, 0.1) is 11.7 Å². The second-order valence-corrected chi connectivity index (χ2v) is 5.83. The summed E-state index contributed by atoms with van der Waals surface area (Å²) < 4.78 is 39.7. The Labute approximate surface area is 121 Å². The van der Waals surface area contributed by atoms with Gasteiger partial charge < -0.3 is 0 Å². The molecule has 3 N–H and O–H groups in total. The predicted octanol–water partition coefficient (Wildman–Crippen LogP) is 3.68. The number of rotatable bonds is 4. The fourth-order valence-electron chi connectivity index (χ4n) is 2.75. The Hall–Kier alpha value is -0.780. The van der Waals surface area contributed by atoms with Gasteiger partial charge in [-0.3, -0.25) is 11.3 Å². The first-order valence-electron chi connectivity index (χ1n) is 6.69. The zero-order chi connectivity index (χ0) is 14.8. The lowest BCUT2D eigenvalue weighted by molar-refractivity contribution is -0.0495. The molecule has 1 aromatic carbocycles. The van der Waals surface area contributed by atoms with Crippen LogP contribution in [-0.2, 0) is 6.42 Å². The molecule has 0 heterocycles. The molecule has 1 aliphatic rings. The van der Waals surface area contributed by atoms with Gasteiger partial charge in [-0.2, -0.15) is 0 Å². The Balaban J connectivity index is 2.00. The topological polar surface area (TPSA) is 38.0 Å². The molecule has 0 amide bonds. The monoisotopic (exact) mass is 306 g/mol. The lowest BCUT2D eigenvalue weighted by atomic mass is 9.80. The van der Waals surface area contributed by atoms with E-state index in [2.05, 4.69) is 5.43 Å². The molecule has 1 aliphatic carbocycles. The summed E-state index contributed by atoms with van der Waals surface area (Å²) in [5.41, 5.74) is 3.44. The summed E-state index contributed by atoms with van der Waals surface area (Å²) in [7, 11) is 0. The van der Waals surface area contributed by atoms with Crippen LogP contribution in [0.1, 0.15) is 31.2 Å². The third kappa shape index (κ3) is 3.87. The van der Waals surface area contributed by atoms with E-state index in [1.54, 1.807) is 6.07 Å². The molecule has 112 valence electrons. The Morgan fingerprint density at radius 3 is 2.55 bits per heavy atom. The summed E-state index contributed by atoms with van der Waals surface area (Å²) in [6.45, 7) is 0. The van der Waals surface area contributed by atoms with Crippen molar-refractivity contribution in [3.05, 3.63) is 34.6 Å². The summed E-state index contributed by atoms with van der Waals surface area (Å²) in [4.78, 5) is 0. The highest BCUT2D eigenvalue weighted by atomic mass is 35.5. The normalized spacial score (nSPS) is 20.9. The molecular weight excluding hydrogens is 289 g/mol. The Kier molecular flexibility index (Phi) is 4.94. The van der Waals surface area contributed by atoms with E-state index in [4.69, 9.17) is 17.4 Å². The molecule has 1 unspecified atom stereocenters. The highest BCUT2D eigenvalue weighted by Gasteiger charge is 2.37. The van der Waals surface area contributed by atoms with Crippen LogP contribution >= 0.6 is 11.6 Å². The van der Waals surface area contributed by atoms with Crippen molar-refractivity contribution in [1.82, 2.24) is 5.43 Å². The lowest BCUT2D eigenvalue weighted by Crippen LogP contribution is -2.44. The van der Waals surface area contributed by atoms with Crippen LogP contribution in [0.4, 0.5) is 13.2 Å². The quantitative estimate of drug-likeness (QED) is 0.658. The average Bonchev–Trinajstić information content (AvgIpc) is 2.40. The fraction of sp³-hybridized carbons (Fsp3) is 0.571. The van der Waals surface area contributed by atoms with Crippen molar-refractivity contribution in [2.45, 2.75) is 44.1 Å². The van der Waals surface area contributed by atoms with Crippen molar-refractivity contribution in [2.75, 3.05) is 0 Å². The fourth-order valence-corrected chi connectivity index (χ4v) is 2.86. The number of benzene rings is 1. The Bertz CT molecular complexity index is 458. The maximum atomic E-state index is 13.4. The van der Waals surface area contributed by atoms with E-state index in [0.29, 0.717) is 19.3 Å². The minimum absolute atomic E-state index is 0.0725. The summed E-state index contributed by atoms with van der Waals surface area (Å²) in [6, 6.07) is 4.46. The van der Waals surface area contributed by atoms with Gasteiger partial charge in [0.05, 0.1) is 5.02 Å². The van der Waals surface area contributed by atoms with E-state index in [1.807, 2.05) is 0 Å². The molecule has 0 bridgehead atoms. The molecule has 1 atom stereocenters. The van der Waals surface area contributed by atoms with Crippen molar-refractivity contribution in [1.29, 1.82) is 0 Å². The van der Waals surface area contributed by atoms with E-state index in [-0.39, 0.29) is 29.8 Å². The van der Waals surface area contributed by atoms with Crippen LogP contribution in [0.3, 0.4) is 0 Å². The minimum Gasteiger partial charge on any atom is -0.271 e. The van der Waals surface area contributed by atoms with Gasteiger partial charge in [-0.25, -0.2) is 13.2 Å². The van der Waals surface area contributed by atoms with E-state index in [9.17, 15) is 13.2 Å². The van der Waals surface area contributed by atoms with Gasteiger partial charge in [0.25, 0.3) is 0 Å². The number of halogens is 4. The average molecular weight is 307 g/mol. The zero-order valence-electron chi connectivity index (χ0n) is 11.0. The smallest absolute Gasteiger partial charge is 0.248 e. The number of hydrogen-bond donors (Lipinski definition) is 2. The number of nitrogens with two attached hydrogens (primary N) is 1. The largest absolute Gasteiger partial charge is 0.271 e. The summed E-state index contributed by atoms with van der Waals surface area (Å²) in [6.07, 6.45) is 1.15. The van der Waals surface area contributed by atoms with Crippen LogP contribution in [0.2, 0.25) is 5.02 Å². The summed E-state index contributed by atoms with van der Waals surface area (Å²) in [5.74, 6) is 2.58. The van der Waals surface area contributed by atoms with Crippen LogP contribution in [0.5, 0.6) is 0 Å². The zero-order valence-corrected chi connectivity index (χ0v) is 11.8. The first kappa shape index (κ1) is 15.6. The van der Waals surface area contributed by atoms with Crippen LogP contribution in [-0.4, -0.2) is 12.0 Å². The van der Waals surface area contributed by atoms with Gasteiger partial charge in [0.2, 0.25) is 5.92 Å². The SMILES string of the molecule is NNC(Cc1ccc(Cl)c(F)c1)C1CCC(F)(F)CC1. The molecule has 6 heteroatoms. The van der Waals surface area contributed by atoms with E-state index in [1.165, 1.54) is 12.1 Å². The molecule has 0 saturated heterocycles. The maximum Gasteiger partial charge on any atom is 0.248 e. The first-order valence-corrected chi connectivity index (χ1v) is 7.07. The summed E-state index contributed by atoms with van der Waals surface area (Å²) >= 11 is 5.63. The van der Waals surface area contributed by atoms with Crippen molar-refractivity contribution >= 4 is 11.6 Å². The second-order valence-electron chi connectivity index (χ2n) is 5.42. The Morgan fingerprint density at radius 2 is 2.00 bits per heavy atom. The Morgan fingerprint density at radius 1 is 1.35 bits per heavy atom. The predicted molar refractivity (Wildman–Crippen MR) is 73.1 cm³/mol. The minimum atomic E-state index is -2.55. The molecule has 0 aliphatic heterocycles. The van der Waals surface area contributed by atoms with Crippen LogP contribution in [0.25, 0.3) is 0 Å². The molecule has 0 radical (unpaired) electrons. The lowest BCUT2D eigenvalue weighted by Gasteiger charge is -2.33. The first-order chi connectivity index (χ1) is 9.41. The maximum absolute atomic E-state index is 13.4. The van der Waals surface area contributed by atoms with Gasteiger partial charge in [-0.15, -0.1) is 0 Å². The van der Waals surface area contributed by atoms with Gasteiger partial charge in [0.1, 0.15) is 5.82 Å². The molecule has 0 aromatic heterocycles. The molecule has 0 spiro atoms. The number of hydrogen-bond acceptors (Lipinski definition) is 2. The molecule has 20 heavy (non-hydrogen) atoms. The van der Waals surface area contributed by atoms with Crippen molar-refractivity contribution < 1.29 is 13.2 Å². The van der Waals surface area contributed by atoms with Gasteiger partial charge >= 0.3 is 0 Å². The third-order valence-electron chi connectivity index (χ3n) is 3.98. The van der Waals surface area contributed by atoms with Gasteiger partial charge in [-0.05, 0) is 42.9 Å². The highest BCUT2D eigenvalue weighted by molar-refractivity contribution is 6.30. The van der Waals surface area contributed by atoms with E-state index >= 15 is 0 Å². The second kappa shape index (κ2) is 6.33.